The van der Waals surface area contributed by atoms with Crippen LogP contribution in [0, 0.1) is 0 Å². The molecule has 1 aliphatic heterocycles. The van der Waals surface area contributed by atoms with E-state index in [0.29, 0.717) is 13.2 Å². The van der Waals surface area contributed by atoms with Gasteiger partial charge in [-0.15, -0.1) is 0 Å². The summed E-state index contributed by atoms with van der Waals surface area (Å²) in [5.41, 5.74) is 0.0908. The Morgan fingerprint density at radius 1 is 1.37 bits per heavy atom. The minimum absolute atomic E-state index is 0.00293. The first-order valence-electron chi connectivity index (χ1n) is 8.74. The number of sulfonamides is 1. The van der Waals surface area contributed by atoms with Gasteiger partial charge in [0, 0.05) is 25.3 Å². The molecule has 8 nitrogen and oxygen atoms in total. The molecule has 0 spiro atoms. The molecule has 0 saturated carbocycles. The molecule has 1 saturated heterocycles. The average Bonchev–Trinajstić information content (AvgIpc) is 3.14. The Bertz CT molecular complexity index is 794. The van der Waals surface area contributed by atoms with Gasteiger partial charge in [-0.25, -0.2) is 13.1 Å². The summed E-state index contributed by atoms with van der Waals surface area (Å²) in [5, 5.41) is 5.13. The second-order valence-electron chi connectivity index (χ2n) is 6.22. The number of amides is 2. The standard InChI is InChI=1S/C17H24ClN3O5S/c1-3-19-16(22)11(2)21-17(23)12-6-7-14(18)15(9-12)27(24,25)20-10-13-5-4-8-26-13/h6-7,9,11,13,20H,3-5,8,10H2,1-2H3,(H,19,22)(H,21,23)/t11-,13-/m0/s1. The Morgan fingerprint density at radius 3 is 2.74 bits per heavy atom. The van der Waals surface area contributed by atoms with Crippen molar-refractivity contribution in [3.05, 3.63) is 28.8 Å². The first-order chi connectivity index (χ1) is 12.7. The smallest absolute Gasteiger partial charge is 0.251 e. The first kappa shape index (κ1) is 21.6. The van der Waals surface area contributed by atoms with E-state index in [-0.39, 0.29) is 34.0 Å². The van der Waals surface area contributed by atoms with Crippen molar-refractivity contribution in [3.8, 4) is 0 Å². The van der Waals surface area contributed by atoms with E-state index in [0.717, 1.165) is 12.8 Å². The highest BCUT2D eigenvalue weighted by atomic mass is 35.5. The molecule has 0 aromatic heterocycles. The second kappa shape index (κ2) is 9.50. The molecule has 0 unspecified atom stereocenters. The van der Waals surface area contributed by atoms with Gasteiger partial charge in [0.2, 0.25) is 15.9 Å². The van der Waals surface area contributed by atoms with Gasteiger partial charge < -0.3 is 15.4 Å². The monoisotopic (exact) mass is 417 g/mol. The predicted molar refractivity (Wildman–Crippen MR) is 101 cm³/mol. The summed E-state index contributed by atoms with van der Waals surface area (Å²) in [7, 11) is -3.91. The van der Waals surface area contributed by atoms with Crippen LogP contribution in [0.2, 0.25) is 5.02 Å². The summed E-state index contributed by atoms with van der Waals surface area (Å²) < 4.78 is 33.0. The number of halogens is 1. The van der Waals surface area contributed by atoms with Crippen LogP contribution in [0.3, 0.4) is 0 Å². The molecule has 0 bridgehead atoms. The summed E-state index contributed by atoms with van der Waals surface area (Å²) in [4.78, 5) is 23.9. The molecule has 1 heterocycles. The van der Waals surface area contributed by atoms with Crippen LogP contribution in [0.25, 0.3) is 0 Å². The van der Waals surface area contributed by atoms with Crippen molar-refractivity contribution in [2.45, 2.75) is 43.7 Å². The van der Waals surface area contributed by atoms with E-state index in [4.69, 9.17) is 16.3 Å². The maximum Gasteiger partial charge on any atom is 0.251 e. The lowest BCUT2D eigenvalue weighted by atomic mass is 10.2. The van der Waals surface area contributed by atoms with E-state index in [1.807, 2.05) is 0 Å². The molecule has 2 rings (SSSR count). The number of likely N-dealkylation sites (N-methyl/N-ethyl adjacent to an activating group) is 1. The van der Waals surface area contributed by atoms with E-state index in [1.54, 1.807) is 13.8 Å². The van der Waals surface area contributed by atoms with Gasteiger partial charge >= 0.3 is 0 Å². The zero-order valence-electron chi connectivity index (χ0n) is 15.2. The van der Waals surface area contributed by atoms with Gasteiger partial charge in [-0.3, -0.25) is 9.59 Å². The van der Waals surface area contributed by atoms with Gasteiger partial charge in [0.1, 0.15) is 10.9 Å². The zero-order valence-corrected chi connectivity index (χ0v) is 16.8. The van der Waals surface area contributed by atoms with Gasteiger partial charge in [0.05, 0.1) is 11.1 Å². The normalized spacial score (nSPS) is 18.1. The van der Waals surface area contributed by atoms with Gasteiger partial charge in [0.25, 0.3) is 5.91 Å². The van der Waals surface area contributed by atoms with Gasteiger partial charge in [-0.05, 0) is 44.9 Å². The fourth-order valence-corrected chi connectivity index (χ4v) is 4.20. The number of benzene rings is 1. The lowest BCUT2D eigenvalue weighted by Crippen LogP contribution is -2.44. The van der Waals surface area contributed by atoms with Crippen LogP contribution in [-0.2, 0) is 19.6 Å². The van der Waals surface area contributed by atoms with Crippen molar-refractivity contribution in [2.75, 3.05) is 19.7 Å². The van der Waals surface area contributed by atoms with E-state index in [1.165, 1.54) is 18.2 Å². The van der Waals surface area contributed by atoms with Crippen molar-refractivity contribution in [2.24, 2.45) is 0 Å². The average molecular weight is 418 g/mol. The van der Waals surface area contributed by atoms with Crippen LogP contribution in [0.5, 0.6) is 0 Å². The van der Waals surface area contributed by atoms with Gasteiger partial charge in [0.15, 0.2) is 0 Å². The molecule has 2 amide bonds. The molecule has 1 aromatic carbocycles. The van der Waals surface area contributed by atoms with E-state index in [9.17, 15) is 18.0 Å². The minimum Gasteiger partial charge on any atom is -0.377 e. The summed E-state index contributed by atoms with van der Waals surface area (Å²) >= 11 is 6.03. The number of carbonyl (C=O) groups is 2. The topological polar surface area (TPSA) is 114 Å². The summed E-state index contributed by atoms with van der Waals surface area (Å²) in [6.45, 7) is 4.51. The zero-order chi connectivity index (χ0) is 20.0. The van der Waals surface area contributed by atoms with Crippen molar-refractivity contribution < 1.29 is 22.7 Å². The van der Waals surface area contributed by atoms with Crippen LogP contribution < -0.4 is 15.4 Å². The maximum absolute atomic E-state index is 12.6. The Morgan fingerprint density at radius 2 is 2.11 bits per heavy atom. The van der Waals surface area contributed by atoms with Crippen LogP contribution in [0.15, 0.2) is 23.1 Å². The number of hydrogen-bond acceptors (Lipinski definition) is 5. The highest BCUT2D eigenvalue weighted by Gasteiger charge is 2.24. The second-order valence-corrected chi connectivity index (χ2v) is 8.36. The van der Waals surface area contributed by atoms with Crippen molar-refractivity contribution in [3.63, 3.8) is 0 Å². The van der Waals surface area contributed by atoms with Crippen LogP contribution in [-0.4, -0.2) is 52.1 Å². The number of carbonyl (C=O) groups excluding carboxylic acids is 2. The summed E-state index contributed by atoms with van der Waals surface area (Å²) in [5.74, 6) is -0.896. The first-order valence-corrected chi connectivity index (χ1v) is 10.6. The fraction of sp³-hybridized carbons (Fsp3) is 0.529. The molecule has 150 valence electrons. The van der Waals surface area contributed by atoms with Crippen LogP contribution >= 0.6 is 11.6 Å². The largest absolute Gasteiger partial charge is 0.377 e. The number of nitrogens with one attached hydrogen (secondary N) is 3. The lowest BCUT2D eigenvalue weighted by Gasteiger charge is -2.15. The molecule has 1 fully saturated rings. The van der Waals surface area contributed by atoms with Crippen molar-refractivity contribution >= 4 is 33.4 Å². The molecule has 1 aromatic rings. The lowest BCUT2D eigenvalue weighted by molar-refractivity contribution is -0.122. The molecule has 10 heteroatoms. The Balaban J connectivity index is 2.12. The summed E-state index contributed by atoms with van der Waals surface area (Å²) in [6, 6.07) is 3.18. The molecule has 3 N–H and O–H groups in total. The van der Waals surface area contributed by atoms with E-state index < -0.39 is 22.0 Å². The fourth-order valence-electron chi connectivity index (χ4n) is 2.61. The quantitative estimate of drug-likeness (QED) is 0.585. The number of hydrogen-bond donors (Lipinski definition) is 3. The highest BCUT2D eigenvalue weighted by molar-refractivity contribution is 7.89. The van der Waals surface area contributed by atoms with Crippen molar-refractivity contribution in [1.82, 2.24) is 15.4 Å². The number of ether oxygens (including phenoxy) is 1. The Kier molecular flexibility index (Phi) is 7.60. The molecule has 1 aliphatic rings. The molecule has 0 radical (unpaired) electrons. The molecule has 27 heavy (non-hydrogen) atoms. The van der Waals surface area contributed by atoms with Gasteiger partial charge in [-0.1, -0.05) is 11.6 Å². The maximum atomic E-state index is 12.6. The SMILES string of the molecule is CCNC(=O)[C@H](C)NC(=O)c1ccc(Cl)c(S(=O)(=O)NC[C@@H]2CCCO2)c1. The minimum atomic E-state index is -3.91. The predicted octanol–water partition coefficient (Wildman–Crippen LogP) is 1.05. The van der Waals surface area contributed by atoms with Crippen LogP contribution in [0.1, 0.15) is 37.0 Å². The number of rotatable bonds is 8. The third-order valence-corrected chi connectivity index (χ3v) is 6.00. The highest BCUT2D eigenvalue weighted by Crippen LogP contribution is 2.23. The van der Waals surface area contributed by atoms with Crippen molar-refractivity contribution in [1.29, 1.82) is 0 Å². The van der Waals surface area contributed by atoms with E-state index >= 15 is 0 Å². The van der Waals surface area contributed by atoms with Crippen LogP contribution in [0.4, 0.5) is 0 Å². The third kappa shape index (κ3) is 5.90. The van der Waals surface area contributed by atoms with E-state index in [2.05, 4.69) is 15.4 Å². The Labute approximate surface area is 164 Å². The molecule has 2 atom stereocenters. The Hall–Kier alpha value is -1.68. The molecular formula is C17H24ClN3O5S. The summed E-state index contributed by atoms with van der Waals surface area (Å²) in [6.07, 6.45) is 1.52. The molecule has 0 aliphatic carbocycles. The molecular weight excluding hydrogens is 394 g/mol. The third-order valence-electron chi connectivity index (χ3n) is 4.10. The van der Waals surface area contributed by atoms with Gasteiger partial charge in [-0.2, -0.15) is 0 Å².